The Bertz CT molecular complexity index is 341. The van der Waals surface area contributed by atoms with Crippen LogP contribution in [-0.4, -0.2) is 35.7 Å². The van der Waals surface area contributed by atoms with Crippen LogP contribution in [0.5, 0.6) is 0 Å². The maximum atomic E-state index is 12.0. The van der Waals surface area contributed by atoms with Crippen molar-refractivity contribution in [3.63, 3.8) is 0 Å². The number of carbonyl (C=O) groups excluding carboxylic acids is 1. The quantitative estimate of drug-likeness (QED) is 0.731. The Morgan fingerprint density at radius 2 is 1.94 bits per heavy atom. The van der Waals surface area contributed by atoms with Gasteiger partial charge in [-0.05, 0) is 18.6 Å². The molecule has 0 saturated heterocycles. The highest BCUT2D eigenvalue weighted by Gasteiger charge is 2.12. The molecule has 1 rings (SSSR count). The number of urea groups is 1. The fraction of sp³-hybridized carbons (Fsp3) is 0.500. The highest BCUT2D eigenvalue weighted by molar-refractivity contribution is 5.89. The maximum Gasteiger partial charge on any atom is 0.321 e. The number of benzene rings is 1. The van der Waals surface area contributed by atoms with E-state index in [2.05, 4.69) is 12.2 Å². The van der Waals surface area contributed by atoms with Gasteiger partial charge in [-0.25, -0.2) is 4.79 Å². The molecular weight excluding hydrogens is 228 g/mol. The van der Waals surface area contributed by atoms with Crippen LogP contribution >= 0.6 is 0 Å². The van der Waals surface area contributed by atoms with Crippen molar-refractivity contribution in [3.8, 4) is 0 Å². The molecule has 0 heterocycles. The molecule has 4 nitrogen and oxygen atoms in total. The van der Waals surface area contributed by atoms with Crippen molar-refractivity contribution in [2.24, 2.45) is 0 Å². The Hall–Kier alpha value is -1.55. The number of hydrogen-bond donors (Lipinski definition) is 2. The van der Waals surface area contributed by atoms with Crippen LogP contribution in [0.25, 0.3) is 0 Å². The minimum absolute atomic E-state index is 0.00562. The molecule has 0 spiro atoms. The van der Waals surface area contributed by atoms with Gasteiger partial charge in [0.1, 0.15) is 0 Å². The molecule has 18 heavy (non-hydrogen) atoms. The van der Waals surface area contributed by atoms with E-state index in [-0.39, 0.29) is 12.6 Å². The van der Waals surface area contributed by atoms with Crippen LogP contribution in [0.4, 0.5) is 10.5 Å². The van der Waals surface area contributed by atoms with Gasteiger partial charge >= 0.3 is 6.03 Å². The first-order valence-electron chi connectivity index (χ1n) is 6.49. The van der Waals surface area contributed by atoms with Crippen molar-refractivity contribution in [2.45, 2.75) is 26.2 Å². The Kier molecular flexibility index (Phi) is 6.87. The lowest BCUT2D eigenvalue weighted by Gasteiger charge is -2.22. The molecule has 0 radical (unpaired) electrons. The first-order chi connectivity index (χ1) is 8.77. The molecule has 0 aliphatic rings. The third-order valence-corrected chi connectivity index (χ3v) is 2.71. The fourth-order valence-corrected chi connectivity index (χ4v) is 1.71. The maximum absolute atomic E-state index is 12.0. The second-order valence-corrected chi connectivity index (χ2v) is 4.21. The Balaban J connectivity index is 2.48. The predicted octanol–water partition coefficient (Wildman–Crippen LogP) is 2.70. The van der Waals surface area contributed by atoms with Gasteiger partial charge in [0.2, 0.25) is 0 Å². The van der Waals surface area contributed by atoms with Gasteiger partial charge in [-0.15, -0.1) is 0 Å². The highest BCUT2D eigenvalue weighted by atomic mass is 16.3. The van der Waals surface area contributed by atoms with E-state index >= 15 is 0 Å². The summed E-state index contributed by atoms with van der Waals surface area (Å²) in [5.74, 6) is 0. The zero-order chi connectivity index (χ0) is 13.2. The average molecular weight is 250 g/mol. The number of nitrogens with one attached hydrogen (secondary N) is 1. The summed E-state index contributed by atoms with van der Waals surface area (Å²) in [6, 6.07) is 9.21. The molecule has 0 saturated carbocycles. The summed E-state index contributed by atoms with van der Waals surface area (Å²) >= 11 is 0. The number of amides is 2. The summed E-state index contributed by atoms with van der Waals surface area (Å²) in [6.45, 7) is 3.18. The Morgan fingerprint density at radius 3 is 2.56 bits per heavy atom. The molecule has 4 heteroatoms. The molecule has 1 aromatic rings. The number of nitrogens with zero attached hydrogens (tertiary/aromatic N) is 1. The minimum Gasteiger partial charge on any atom is -0.395 e. The van der Waals surface area contributed by atoms with Crippen molar-refractivity contribution < 1.29 is 9.90 Å². The number of para-hydroxylation sites is 1. The molecule has 0 fully saturated rings. The van der Waals surface area contributed by atoms with Crippen molar-refractivity contribution in [1.82, 2.24) is 4.90 Å². The summed E-state index contributed by atoms with van der Waals surface area (Å²) in [5.41, 5.74) is 0.779. The molecule has 0 aliphatic carbocycles. The standard InChI is InChI=1S/C14H22N2O2/c1-2-3-7-10-16(11-12-17)14(18)15-13-8-5-4-6-9-13/h4-6,8-9,17H,2-3,7,10-12H2,1H3,(H,15,18). The van der Waals surface area contributed by atoms with Gasteiger partial charge < -0.3 is 15.3 Å². The van der Waals surface area contributed by atoms with Gasteiger partial charge in [0.05, 0.1) is 6.61 Å². The monoisotopic (exact) mass is 250 g/mol. The third-order valence-electron chi connectivity index (χ3n) is 2.71. The van der Waals surface area contributed by atoms with Gasteiger partial charge in [0, 0.05) is 18.8 Å². The average Bonchev–Trinajstić information content (AvgIpc) is 2.39. The van der Waals surface area contributed by atoms with Crippen LogP contribution in [0, 0.1) is 0 Å². The number of anilines is 1. The molecule has 0 bridgehead atoms. The SMILES string of the molecule is CCCCCN(CCO)C(=O)Nc1ccccc1. The van der Waals surface area contributed by atoms with E-state index in [1.54, 1.807) is 4.90 Å². The van der Waals surface area contributed by atoms with Crippen LogP contribution in [-0.2, 0) is 0 Å². The van der Waals surface area contributed by atoms with E-state index in [4.69, 9.17) is 5.11 Å². The number of aliphatic hydroxyl groups is 1. The highest BCUT2D eigenvalue weighted by Crippen LogP contribution is 2.07. The number of carbonyl (C=O) groups is 1. The van der Waals surface area contributed by atoms with E-state index in [0.29, 0.717) is 13.1 Å². The minimum atomic E-state index is -0.147. The molecular formula is C14H22N2O2. The van der Waals surface area contributed by atoms with E-state index in [0.717, 1.165) is 24.9 Å². The van der Waals surface area contributed by atoms with Gasteiger partial charge in [-0.3, -0.25) is 0 Å². The van der Waals surface area contributed by atoms with Crippen molar-refractivity contribution in [3.05, 3.63) is 30.3 Å². The van der Waals surface area contributed by atoms with Crippen molar-refractivity contribution >= 4 is 11.7 Å². The largest absolute Gasteiger partial charge is 0.395 e. The second-order valence-electron chi connectivity index (χ2n) is 4.21. The van der Waals surface area contributed by atoms with Crippen LogP contribution in [0.3, 0.4) is 0 Å². The molecule has 2 N–H and O–H groups in total. The summed E-state index contributed by atoms with van der Waals surface area (Å²) in [4.78, 5) is 13.7. The van der Waals surface area contributed by atoms with Crippen LogP contribution in [0.2, 0.25) is 0 Å². The van der Waals surface area contributed by atoms with Gasteiger partial charge in [-0.1, -0.05) is 38.0 Å². The normalized spacial score (nSPS) is 10.1. The van der Waals surface area contributed by atoms with Crippen LogP contribution in [0.1, 0.15) is 26.2 Å². The van der Waals surface area contributed by atoms with Gasteiger partial charge in [0.15, 0.2) is 0 Å². The number of unbranched alkanes of at least 4 members (excludes halogenated alkanes) is 2. The van der Waals surface area contributed by atoms with Gasteiger partial charge in [-0.2, -0.15) is 0 Å². The molecule has 0 aliphatic heterocycles. The molecule has 1 aromatic carbocycles. The fourth-order valence-electron chi connectivity index (χ4n) is 1.71. The number of hydrogen-bond acceptors (Lipinski definition) is 2. The molecule has 0 unspecified atom stereocenters. The van der Waals surface area contributed by atoms with Crippen molar-refractivity contribution in [2.75, 3.05) is 25.0 Å². The lowest BCUT2D eigenvalue weighted by atomic mass is 10.2. The molecule has 0 atom stereocenters. The lowest BCUT2D eigenvalue weighted by molar-refractivity contribution is 0.187. The first-order valence-corrected chi connectivity index (χ1v) is 6.49. The smallest absolute Gasteiger partial charge is 0.321 e. The number of aliphatic hydroxyl groups excluding tert-OH is 1. The zero-order valence-corrected chi connectivity index (χ0v) is 10.9. The molecule has 2 amide bonds. The summed E-state index contributed by atoms with van der Waals surface area (Å²) in [6.07, 6.45) is 3.19. The van der Waals surface area contributed by atoms with E-state index in [1.807, 2.05) is 30.3 Å². The topological polar surface area (TPSA) is 52.6 Å². The Morgan fingerprint density at radius 1 is 1.22 bits per heavy atom. The molecule has 0 aromatic heterocycles. The lowest BCUT2D eigenvalue weighted by Crippen LogP contribution is -2.37. The van der Waals surface area contributed by atoms with E-state index in [1.165, 1.54) is 0 Å². The third kappa shape index (κ3) is 5.19. The Labute approximate surface area is 109 Å². The van der Waals surface area contributed by atoms with Crippen LogP contribution in [0.15, 0.2) is 30.3 Å². The van der Waals surface area contributed by atoms with E-state index < -0.39 is 0 Å². The van der Waals surface area contributed by atoms with E-state index in [9.17, 15) is 4.79 Å². The summed E-state index contributed by atoms with van der Waals surface area (Å²) in [5, 5.41) is 11.8. The predicted molar refractivity (Wildman–Crippen MR) is 73.6 cm³/mol. The first kappa shape index (κ1) is 14.5. The molecule has 100 valence electrons. The number of rotatable bonds is 7. The summed E-state index contributed by atoms with van der Waals surface area (Å²) in [7, 11) is 0. The van der Waals surface area contributed by atoms with Crippen LogP contribution < -0.4 is 5.32 Å². The zero-order valence-electron chi connectivity index (χ0n) is 10.9. The van der Waals surface area contributed by atoms with Crippen molar-refractivity contribution in [1.29, 1.82) is 0 Å². The summed E-state index contributed by atoms with van der Waals surface area (Å²) < 4.78 is 0. The van der Waals surface area contributed by atoms with Gasteiger partial charge in [0.25, 0.3) is 0 Å². The second kappa shape index (κ2) is 8.53.